The van der Waals surface area contributed by atoms with Crippen molar-refractivity contribution in [2.45, 2.75) is 335 Å². The van der Waals surface area contributed by atoms with Crippen LogP contribution in [-0.4, -0.2) is 37.2 Å². The summed E-state index contributed by atoms with van der Waals surface area (Å²) < 4.78 is 16.9. The van der Waals surface area contributed by atoms with Crippen molar-refractivity contribution in [3.8, 4) is 0 Å². The number of carbonyl (C=O) groups is 3. The van der Waals surface area contributed by atoms with E-state index in [9.17, 15) is 14.4 Å². The maximum absolute atomic E-state index is 12.9. The van der Waals surface area contributed by atoms with E-state index in [0.29, 0.717) is 19.3 Å². The number of rotatable bonds is 61. The molecule has 6 heteroatoms. The van der Waals surface area contributed by atoms with Crippen molar-refractivity contribution in [3.05, 3.63) is 97.2 Å². The quantitative estimate of drug-likeness (QED) is 0.0261. The van der Waals surface area contributed by atoms with Crippen LogP contribution in [0.4, 0.5) is 0 Å². The van der Waals surface area contributed by atoms with Crippen molar-refractivity contribution in [3.63, 3.8) is 0 Å². The van der Waals surface area contributed by atoms with Crippen LogP contribution in [0.3, 0.4) is 0 Å². The topological polar surface area (TPSA) is 78.9 Å². The minimum absolute atomic E-state index is 0.0762. The summed E-state index contributed by atoms with van der Waals surface area (Å²) in [6, 6.07) is 0. The predicted octanol–water partition coefficient (Wildman–Crippen LogP) is 23.2. The number of hydrogen-bond donors (Lipinski definition) is 0. The molecule has 0 rings (SSSR count). The fourth-order valence-electron chi connectivity index (χ4n) is 9.55. The van der Waals surface area contributed by atoms with Crippen LogP contribution in [-0.2, 0) is 28.6 Å². The van der Waals surface area contributed by atoms with Gasteiger partial charge in [-0.05, 0) is 96.3 Å². The van der Waals surface area contributed by atoms with Gasteiger partial charge in [0.2, 0.25) is 0 Å². The molecule has 0 saturated heterocycles. The number of unbranched alkanes of at least 4 members (excludes halogenated alkanes) is 34. The number of hydrogen-bond acceptors (Lipinski definition) is 6. The van der Waals surface area contributed by atoms with Crippen molar-refractivity contribution >= 4 is 17.9 Å². The third-order valence-electron chi connectivity index (χ3n) is 14.6. The third kappa shape index (κ3) is 65.0. The second kappa shape index (κ2) is 66.8. The smallest absolute Gasteiger partial charge is 0.306 e. The second-order valence-corrected chi connectivity index (χ2v) is 22.4. The molecule has 0 aromatic heterocycles. The lowest BCUT2D eigenvalue weighted by Crippen LogP contribution is -2.30. The van der Waals surface area contributed by atoms with Crippen molar-refractivity contribution in [1.29, 1.82) is 0 Å². The van der Waals surface area contributed by atoms with Crippen LogP contribution in [0.1, 0.15) is 329 Å². The largest absolute Gasteiger partial charge is 0.462 e. The highest BCUT2D eigenvalue weighted by atomic mass is 16.6. The van der Waals surface area contributed by atoms with Crippen molar-refractivity contribution in [2.75, 3.05) is 13.2 Å². The molecule has 0 spiro atoms. The lowest BCUT2D eigenvalue weighted by atomic mass is 10.0. The Morgan fingerprint density at radius 3 is 0.835 bits per heavy atom. The SMILES string of the molecule is CC/C=C\C/C=C\C/C=C\C/C=C\C/C=C\C/C=C\C/C=C\CCCCCCCCCCCCCCCC(=O)OCC(COC(=O)CCCCCCC/C=C\CCC)OC(=O)CCCCCCCCCCCCCCCCCC. The molecule has 1 unspecified atom stereocenters. The summed E-state index contributed by atoms with van der Waals surface area (Å²) in [5.74, 6) is -0.874. The average molecular weight is 1100 g/mol. The van der Waals surface area contributed by atoms with Crippen LogP contribution in [0.15, 0.2) is 97.2 Å². The first kappa shape index (κ1) is 75.3. The summed E-state index contributed by atoms with van der Waals surface area (Å²) in [5.41, 5.74) is 0. The highest BCUT2D eigenvalue weighted by molar-refractivity contribution is 5.71. The molecule has 0 amide bonds. The number of ether oxygens (including phenoxy) is 3. The zero-order valence-electron chi connectivity index (χ0n) is 52.1. The Morgan fingerprint density at radius 2 is 0.519 bits per heavy atom. The molecule has 0 aliphatic heterocycles. The molecule has 0 heterocycles. The minimum atomic E-state index is -0.778. The first-order valence-electron chi connectivity index (χ1n) is 33.7. The Labute approximate surface area is 489 Å². The van der Waals surface area contributed by atoms with Crippen molar-refractivity contribution in [1.82, 2.24) is 0 Å². The molecular formula is C73H126O6. The predicted molar refractivity (Wildman–Crippen MR) is 344 cm³/mol. The number of allylic oxidation sites excluding steroid dienone is 16. The minimum Gasteiger partial charge on any atom is -0.462 e. The van der Waals surface area contributed by atoms with Crippen LogP contribution < -0.4 is 0 Å². The van der Waals surface area contributed by atoms with Gasteiger partial charge >= 0.3 is 17.9 Å². The molecule has 0 aliphatic carbocycles. The molecule has 6 nitrogen and oxygen atoms in total. The van der Waals surface area contributed by atoms with E-state index in [1.165, 1.54) is 173 Å². The van der Waals surface area contributed by atoms with Gasteiger partial charge in [0.05, 0.1) is 0 Å². The van der Waals surface area contributed by atoms with Gasteiger partial charge in [-0.15, -0.1) is 0 Å². The summed E-state index contributed by atoms with van der Waals surface area (Å²) in [6.07, 6.45) is 90.1. The molecule has 0 aromatic rings. The third-order valence-corrected chi connectivity index (χ3v) is 14.6. The molecule has 0 saturated carbocycles. The van der Waals surface area contributed by atoms with E-state index < -0.39 is 6.10 Å². The van der Waals surface area contributed by atoms with E-state index in [4.69, 9.17) is 14.2 Å². The Morgan fingerprint density at radius 1 is 0.266 bits per heavy atom. The van der Waals surface area contributed by atoms with Crippen LogP contribution in [0.5, 0.6) is 0 Å². The van der Waals surface area contributed by atoms with E-state index >= 15 is 0 Å². The van der Waals surface area contributed by atoms with Gasteiger partial charge in [-0.2, -0.15) is 0 Å². The molecule has 0 fully saturated rings. The normalized spacial score (nSPS) is 12.7. The van der Waals surface area contributed by atoms with Gasteiger partial charge in [0.25, 0.3) is 0 Å². The van der Waals surface area contributed by atoms with Gasteiger partial charge < -0.3 is 14.2 Å². The molecule has 0 bridgehead atoms. The zero-order valence-corrected chi connectivity index (χ0v) is 52.1. The highest BCUT2D eigenvalue weighted by Gasteiger charge is 2.19. The maximum Gasteiger partial charge on any atom is 0.306 e. The van der Waals surface area contributed by atoms with Gasteiger partial charge in [0, 0.05) is 19.3 Å². The molecule has 454 valence electrons. The van der Waals surface area contributed by atoms with Crippen LogP contribution in [0, 0.1) is 0 Å². The molecule has 0 aliphatic rings. The van der Waals surface area contributed by atoms with Gasteiger partial charge in [-0.25, -0.2) is 0 Å². The summed E-state index contributed by atoms with van der Waals surface area (Å²) >= 11 is 0. The molecular weight excluding hydrogens is 973 g/mol. The molecule has 0 N–H and O–H groups in total. The molecule has 0 radical (unpaired) electrons. The van der Waals surface area contributed by atoms with Gasteiger partial charge in [0.15, 0.2) is 6.10 Å². The van der Waals surface area contributed by atoms with Gasteiger partial charge in [-0.3, -0.25) is 14.4 Å². The monoisotopic (exact) mass is 1100 g/mol. The lowest BCUT2D eigenvalue weighted by molar-refractivity contribution is -0.167. The highest BCUT2D eigenvalue weighted by Crippen LogP contribution is 2.17. The molecule has 0 aromatic carbocycles. The van der Waals surface area contributed by atoms with Gasteiger partial charge in [0.1, 0.15) is 13.2 Å². The van der Waals surface area contributed by atoms with Crippen molar-refractivity contribution < 1.29 is 28.6 Å². The maximum atomic E-state index is 12.9. The first-order valence-corrected chi connectivity index (χ1v) is 33.7. The Balaban J connectivity index is 4.11. The lowest BCUT2D eigenvalue weighted by Gasteiger charge is -2.18. The summed E-state index contributed by atoms with van der Waals surface area (Å²) in [4.78, 5) is 38.2. The summed E-state index contributed by atoms with van der Waals surface area (Å²) in [6.45, 7) is 6.49. The first-order chi connectivity index (χ1) is 39.0. The zero-order chi connectivity index (χ0) is 57.1. The summed E-state index contributed by atoms with van der Waals surface area (Å²) in [7, 11) is 0. The van der Waals surface area contributed by atoms with Crippen molar-refractivity contribution in [2.24, 2.45) is 0 Å². The summed E-state index contributed by atoms with van der Waals surface area (Å²) in [5, 5.41) is 0. The average Bonchev–Trinajstić information content (AvgIpc) is 3.45. The molecule has 79 heavy (non-hydrogen) atoms. The van der Waals surface area contributed by atoms with E-state index in [1.807, 2.05) is 0 Å². The second-order valence-electron chi connectivity index (χ2n) is 22.4. The van der Waals surface area contributed by atoms with Crippen LogP contribution in [0.2, 0.25) is 0 Å². The van der Waals surface area contributed by atoms with E-state index in [0.717, 1.165) is 116 Å². The Kier molecular flexibility index (Phi) is 63.7. The fraction of sp³-hybridized carbons (Fsp3) is 0.740. The number of esters is 3. The molecule has 1 atom stereocenters. The fourth-order valence-corrected chi connectivity index (χ4v) is 9.55. The number of carbonyl (C=O) groups excluding carboxylic acids is 3. The Bertz CT molecular complexity index is 1540. The van der Waals surface area contributed by atoms with Crippen LogP contribution in [0.25, 0.3) is 0 Å². The van der Waals surface area contributed by atoms with Crippen LogP contribution >= 0.6 is 0 Å². The standard InChI is InChI=1S/C73H126O6/c1-4-7-10-13-16-19-22-24-26-28-29-30-31-32-33-34-35-36-37-38-39-40-41-42-43-44-45-46-48-49-51-54-57-60-63-66-72(75)78-69-70(68-77-71(74)65-62-59-56-53-21-18-15-12-9-6-3)79-73(76)67-64-61-58-55-52-50-47-27-25-23-20-17-14-11-8-5-2/h7,10,12,15-16,19,24,26,29-30,32-33,35-36,38-39,70H,4-6,8-9,11,13-14,17-18,20-23,25,27-28,31,34,37,40-69H2,1-3H3/b10-7-,15-12-,19-16-,26-24-,30-29-,33-32-,36-35-,39-38-. The van der Waals surface area contributed by atoms with Gasteiger partial charge in [-0.1, -0.05) is 311 Å². The van der Waals surface area contributed by atoms with E-state index in [1.54, 1.807) is 0 Å². The van der Waals surface area contributed by atoms with E-state index in [2.05, 4.69) is 118 Å². The van der Waals surface area contributed by atoms with E-state index in [-0.39, 0.29) is 31.1 Å². The Hall–Kier alpha value is -3.67.